The number of esters is 1. The van der Waals surface area contributed by atoms with Crippen LogP contribution in [-0.2, 0) is 4.74 Å². The van der Waals surface area contributed by atoms with E-state index in [0.717, 1.165) is 31.6 Å². The average molecular weight is 276 g/mol. The summed E-state index contributed by atoms with van der Waals surface area (Å²) in [6.45, 7) is 5.62. The van der Waals surface area contributed by atoms with Gasteiger partial charge in [0, 0.05) is 18.3 Å². The van der Waals surface area contributed by atoms with Crippen molar-refractivity contribution in [3.63, 3.8) is 0 Å². The Morgan fingerprint density at radius 1 is 1.35 bits per heavy atom. The highest BCUT2D eigenvalue weighted by molar-refractivity contribution is 5.95. The van der Waals surface area contributed by atoms with Gasteiger partial charge in [0.05, 0.1) is 12.7 Å². The van der Waals surface area contributed by atoms with E-state index < -0.39 is 0 Å². The molecule has 1 aromatic carbocycles. The van der Waals surface area contributed by atoms with E-state index in [9.17, 15) is 4.79 Å². The van der Waals surface area contributed by atoms with Crippen LogP contribution in [0, 0.1) is 0 Å². The highest BCUT2D eigenvalue weighted by Crippen LogP contribution is 2.21. The normalized spacial score (nSPS) is 20.2. The highest BCUT2D eigenvalue weighted by Gasteiger charge is 2.18. The molecule has 1 unspecified atom stereocenters. The van der Waals surface area contributed by atoms with Crippen LogP contribution in [0.15, 0.2) is 24.3 Å². The fourth-order valence-corrected chi connectivity index (χ4v) is 2.73. The zero-order valence-corrected chi connectivity index (χ0v) is 12.4. The van der Waals surface area contributed by atoms with Gasteiger partial charge in [0.2, 0.25) is 0 Å². The van der Waals surface area contributed by atoms with Gasteiger partial charge in [-0.2, -0.15) is 0 Å². The molecule has 0 aromatic heterocycles. The fraction of sp³-hybridized carbons (Fsp3) is 0.562. The number of para-hydroxylation sites is 1. The lowest BCUT2D eigenvalue weighted by atomic mass is 10.1. The van der Waals surface area contributed by atoms with Gasteiger partial charge in [-0.15, -0.1) is 0 Å². The maximum atomic E-state index is 11.8. The Morgan fingerprint density at radius 2 is 2.15 bits per heavy atom. The summed E-state index contributed by atoms with van der Waals surface area (Å²) in [6.07, 6.45) is 3.46. The van der Waals surface area contributed by atoms with Crippen LogP contribution in [-0.4, -0.2) is 43.7 Å². The van der Waals surface area contributed by atoms with Crippen molar-refractivity contribution in [3.8, 4) is 0 Å². The van der Waals surface area contributed by atoms with Crippen molar-refractivity contribution >= 4 is 11.7 Å². The standard InChI is InChI=1S/C16H24N2O2/c1-3-18-11-6-7-13(10-12-18)17-15-9-5-4-8-14(15)16(19)20-2/h4-5,8-9,13,17H,3,6-7,10-12H2,1-2H3. The van der Waals surface area contributed by atoms with E-state index in [1.807, 2.05) is 24.3 Å². The predicted molar refractivity (Wildman–Crippen MR) is 81.2 cm³/mol. The van der Waals surface area contributed by atoms with Gasteiger partial charge in [-0.05, 0) is 44.5 Å². The summed E-state index contributed by atoms with van der Waals surface area (Å²) < 4.78 is 4.84. The summed E-state index contributed by atoms with van der Waals surface area (Å²) in [5, 5.41) is 3.52. The SMILES string of the molecule is CCN1CCCC(Nc2ccccc2C(=O)OC)CC1. The molecule has 20 heavy (non-hydrogen) atoms. The number of ether oxygens (including phenoxy) is 1. The average Bonchev–Trinajstić information content (AvgIpc) is 2.72. The summed E-state index contributed by atoms with van der Waals surface area (Å²) in [4.78, 5) is 14.3. The van der Waals surface area contributed by atoms with Crippen molar-refractivity contribution in [1.82, 2.24) is 4.90 Å². The van der Waals surface area contributed by atoms with Crippen LogP contribution in [0.3, 0.4) is 0 Å². The van der Waals surface area contributed by atoms with Crippen LogP contribution < -0.4 is 5.32 Å². The number of carbonyl (C=O) groups excluding carboxylic acids is 1. The van der Waals surface area contributed by atoms with Crippen LogP contribution in [0.5, 0.6) is 0 Å². The molecule has 0 amide bonds. The van der Waals surface area contributed by atoms with Crippen molar-refractivity contribution < 1.29 is 9.53 Å². The number of carbonyl (C=O) groups is 1. The highest BCUT2D eigenvalue weighted by atomic mass is 16.5. The largest absolute Gasteiger partial charge is 0.465 e. The van der Waals surface area contributed by atoms with Crippen molar-refractivity contribution in [1.29, 1.82) is 0 Å². The third-order valence-electron chi connectivity index (χ3n) is 3.96. The molecule has 0 radical (unpaired) electrons. The van der Waals surface area contributed by atoms with Gasteiger partial charge in [0.25, 0.3) is 0 Å². The van der Waals surface area contributed by atoms with Gasteiger partial charge >= 0.3 is 5.97 Å². The quantitative estimate of drug-likeness (QED) is 0.859. The van der Waals surface area contributed by atoms with E-state index in [2.05, 4.69) is 17.1 Å². The van der Waals surface area contributed by atoms with Gasteiger partial charge in [0.1, 0.15) is 0 Å². The van der Waals surface area contributed by atoms with Gasteiger partial charge in [0.15, 0.2) is 0 Å². The van der Waals surface area contributed by atoms with Crippen LogP contribution in [0.1, 0.15) is 36.5 Å². The number of likely N-dealkylation sites (tertiary alicyclic amines) is 1. The molecule has 1 atom stereocenters. The Morgan fingerprint density at radius 3 is 2.90 bits per heavy atom. The number of nitrogens with zero attached hydrogens (tertiary/aromatic N) is 1. The molecule has 0 saturated carbocycles. The molecule has 1 saturated heterocycles. The summed E-state index contributed by atoms with van der Waals surface area (Å²) in [6, 6.07) is 8.00. The Hall–Kier alpha value is -1.55. The molecule has 0 aliphatic carbocycles. The maximum absolute atomic E-state index is 11.8. The minimum Gasteiger partial charge on any atom is -0.465 e. The molecule has 0 spiro atoms. The lowest BCUT2D eigenvalue weighted by Gasteiger charge is -2.20. The molecule has 0 bridgehead atoms. The fourth-order valence-electron chi connectivity index (χ4n) is 2.73. The number of hydrogen-bond acceptors (Lipinski definition) is 4. The van der Waals surface area contributed by atoms with E-state index in [1.165, 1.54) is 20.1 Å². The first-order valence-corrected chi connectivity index (χ1v) is 7.40. The molecule has 1 aliphatic rings. The van der Waals surface area contributed by atoms with E-state index in [-0.39, 0.29) is 5.97 Å². The first kappa shape index (κ1) is 14.9. The number of anilines is 1. The maximum Gasteiger partial charge on any atom is 0.339 e. The number of nitrogens with one attached hydrogen (secondary N) is 1. The lowest BCUT2D eigenvalue weighted by Crippen LogP contribution is -2.26. The molecular weight excluding hydrogens is 252 g/mol. The zero-order chi connectivity index (χ0) is 14.4. The van der Waals surface area contributed by atoms with Crippen LogP contribution in [0.25, 0.3) is 0 Å². The van der Waals surface area contributed by atoms with Gasteiger partial charge in [-0.1, -0.05) is 19.1 Å². The van der Waals surface area contributed by atoms with Crippen molar-refractivity contribution in [2.75, 3.05) is 32.1 Å². The monoisotopic (exact) mass is 276 g/mol. The molecular formula is C16H24N2O2. The van der Waals surface area contributed by atoms with Crippen LogP contribution in [0.4, 0.5) is 5.69 Å². The smallest absolute Gasteiger partial charge is 0.339 e. The molecule has 2 rings (SSSR count). The Kier molecular flexibility index (Phi) is 5.41. The van der Waals surface area contributed by atoms with Gasteiger partial charge in [-0.3, -0.25) is 0 Å². The van der Waals surface area contributed by atoms with Crippen LogP contribution >= 0.6 is 0 Å². The summed E-state index contributed by atoms with van der Waals surface area (Å²) >= 11 is 0. The Labute approximate surface area is 121 Å². The number of rotatable bonds is 4. The molecule has 1 fully saturated rings. The van der Waals surface area contributed by atoms with E-state index in [4.69, 9.17) is 4.74 Å². The molecule has 4 heteroatoms. The molecule has 1 heterocycles. The second-order valence-corrected chi connectivity index (χ2v) is 5.24. The number of hydrogen-bond donors (Lipinski definition) is 1. The third kappa shape index (κ3) is 3.73. The van der Waals surface area contributed by atoms with Crippen LogP contribution in [0.2, 0.25) is 0 Å². The number of methoxy groups -OCH3 is 1. The molecule has 110 valence electrons. The summed E-state index contributed by atoms with van der Waals surface area (Å²) in [5.74, 6) is -0.281. The lowest BCUT2D eigenvalue weighted by molar-refractivity contribution is 0.0602. The minimum absolute atomic E-state index is 0.281. The first-order chi connectivity index (χ1) is 9.74. The summed E-state index contributed by atoms with van der Waals surface area (Å²) in [7, 11) is 1.42. The molecule has 1 aromatic rings. The third-order valence-corrected chi connectivity index (χ3v) is 3.96. The van der Waals surface area contributed by atoms with Gasteiger partial charge in [-0.25, -0.2) is 4.79 Å². The topological polar surface area (TPSA) is 41.6 Å². The van der Waals surface area contributed by atoms with Crippen molar-refractivity contribution in [2.45, 2.75) is 32.2 Å². The first-order valence-electron chi connectivity index (χ1n) is 7.40. The van der Waals surface area contributed by atoms with Crippen molar-refractivity contribution in [3.05, 3.63) is 29.8 Å². The molecule has 4 nitrogen and oxygen atoms in total. The summed E-state index contributed by atoms with van der Waals surface area (Å²) in [5.41, 5.74) is 1.50. The van der Waals surface area contributed by atoms with Crippen molar-refractivity contribution in [2.24, 2.45) is 0 Å². The van der Waals surface area contributed by atoms with E-state index in [1.54, 1.807) is 0 Å². The zero-order valence-electron chi connectivity index (χ0n) is 12.4. The Balaban J connectivity index is 2.04. The van der Waals surface area contributed by atoms with Gasteiger partial charge < -0.3 is 15.0 Å². The predicted octanol–water partition coefficient (Wildman–Crippen LogP) is 2.76. The van der Waals surface area contributed by atoms with E-state index >= 15 is 0 Å². The Bertz CT molecular complexity index is 448. The number of benzene rings is 1. The van der Waals surface area contributed by atoms with E-state index in [0.29, 0.717) is 11.6 Å². The minimum atomic E-state index is -0.281. The second-order valence-electron chi connectivity index (χ2n) is 5.24. The second kappa shape index (κ2) is 7.29. The molecule has 1 N–H and O–H groups in total. The molecule has 1 aliphatic heterocycles.